The van der Waals surface area contributed by atoms with Crippen LogP contribution >= 0.6 is 0 Å². The molecule has 0 bridgehead atoms. The predicted octanol–water partition coefficient (Wildman–Crippen LogP) is 4.50. The Morgan fingerprint density at radius 2 is 1.79 bits per heavy atom. The third kappa shape index (κ3) is 4.91. The van der Waals surface area contributed by atoms with Gasteiger partial charge in [-0.3, -0.25) is 4.79 Å². The normalized spacial score (nSPS) is 14.6. The van der Waals surface area contributed by atoms with Crippen LogP contribution in [0.5, 0.6) is 0 Å². The molecule has 29 heavy (non-hydrogen) atoms. The lowest BCUT2D eigenvalue weighted by atomic mass is 10.0. The van der Waals surface area contributed by atoms with Gasteiger partial charge in [-0.25, -0.2) is 13.6 Å². The maximum atomic E-state index is 14.5. The molecule has 1 heterocycles. The van der Waals surface area contributed by atoms with E-state index in [1.165, 1.54) is 24.3 Å². The lowest BCUT2D eigenvalue weighted by Gasteiger charge is -2.36. The van der Waals surface area contributed by atoms with Gasteiger partial charge >= 0.3 is 6.03 Å². The molecule has 154 valence electrons. The second kappa shape index (κ2) is 9.03. The van der Waals surface area contributed by atoms with Crippen LogP contribution in [-0.2, 0) is 4.79 Å². The van der Waals surface area contributed by atoms with Gasteiger partial charge in [0.25, 0.3) is 0 Å². The summed E-state index contributed by atoms with van der Waals surface area (Å²) in [5.41, 5.74) is 1.16. The Bertz CT molecular complexity index is 895. The van der Waals surface area contributed by atoms with Gasteiger partial charge in [0.15, 0.2) is 0 Å². The Morgan fingerprint density at radius 1 is 1.10 bits per heavy atom. The standard InChI is InChI=1S/C22H25F2N3O2/c1-3-21(28)27-11-9-18(10-12-27)26(2)22(29)25-20-8-7-16(14-19(20)24)15-5-4-6-17(23)13-15/h4-8,13-14,18H,3,9-12H2,1-2H3,(H,25,29). The lowest BCUT2D eigenvalue weighted by molar-refractivity contribution is -0.132. The molecule has 7 heteroatoms. The molecule has 1 saturated heterocycles. The number of halogens is 2. The first-order valence-electron chi connectivity index (χ1n) is 9.76. The molecule has 0 atom stereocenters. The number of nitrogens with zero attached hydrogens (tertiary/aromatic N) is 2. The summed E-state index contributed by atoms with van der Waals surface area (Å²) in [4.78, 5) is 27.7. The van der Waals surface area contributed by atoms with Crippen LogP contribution in [-0.4, -0.2) is 47.9 Å². The van der Waals surface area contributed by atoms with E-state index in [1.807, 2.05) is 11.8 Å². The zero-order valence-electron chi connectivity index (χ0n) is 16.6. The van der Waals surface area contributed by atoms with E-state index in [9.17, 15) is 18.4 Å². The maximum absolute atomic E-state index is 14.5. The fourth-order valence-corrected chi connectivity index (χ4v) is 3.56. The van der Waals surface area contributed by atoms with Crippen LogP contribution in [0.4, 0.5) is 19.3 Å². The second-order valence-electron chi connectivity index (χ2n) is 7.21. The minimum atomic E-state index is -0.586. The van der Waals surface area contributed by atoms with Crippen molar-refractivity contribution in [2.24, 2.45) is 0 Å². The van der Waals surface area contributed by atoms with E-state index in [2.05, 4.69) is 5.32 Å². The van der Waals surface area contributed by atoms with Gasteiger partial charge in [-0.2, -0.15) is 0 Å². The summed E-state index contributed by atoms with van der Waals surface area (Å²) < 4.78 is 27.9. The molecule has 0 aliphatic carbocycles. The van der Waals surface area contributed by atoms with Crippen molar-refractivity contribution in [3.8, 4) is 11.1 Å². The van der Waals surface area contributed by atoms with Gasteiger partial charge in [0.1, 0.15) is 11.6 Å². The Kier molecular flexibility index (Phi) is 6.46. The lowest BCUT2D eigenvalue weighted by Crippen LogP contribution is -2.48. The quantitative estimate of drug-likeness (QED) is 0.820. The molecule has 0 spiro atoms. The minimum absolute atomic E-state index is 0.00876. The summed E-state index contributed by atoms with van der Waals surface area (Å²) in [6, 6.07) is 9.90. The van der Waals surface area contributed by atoms with Gasteiger partial charge in [0, 0.05) is 32.6 Å². The molecule has 3 amide bonds. The van der Waals surface area contributed by atoms with Gasteiger partial charge in [-0.1, -0.05) is 25.1 Å². The first-order chi connectivity index (χ1) is 13.9. The van der Waals surface area contributed by atoms with Crippen molar-refractivity contribution in [2.75, 3.05) is 25.5 Å². The van der Waals surface area contributed by atoms with Crippen LogP contribution in [0.1, 0.15) is 26.2 Å². The monoisotopic (exact) mass is 401 g/mol. The van der Waals surface area contributed by atoms with Gasteiger partial charge in [0.05, 0.1) is 5.69 Å². The molecule has 1 N–H and O–H groups in total. The molecule has 1 aliphatic heterocycles. The van der Waals surface area contributed by atoms with E-state index < -0.39 is 17.7 Å². The highest BCUT2D eigenvalue weighted by molar-refractivity contribution is 5.90. The van der Waals surface area contributed by atoms with Crippen molar-refractivity contribution >= 4 is 17.6 Å². The van der Waals surface area contributed by atoms with Gasteiger partial charge in [0.2, 0.25) is 5.91 Å². The molecule has 3 rings (SSSR count). The molecular weight excluding hydrogens is 376 g/mol. The number of rotatable bonds is 4. The van der Waals surface area contributed by atoms with Gasteiger partial charge in [-0.05, 0) is 48.2 Å². The second-order valence-corrected chi connectivity index (χ2v) is 7.21. The summed E-state index contributed by atoms with van der Waals surface area (Å²) in [6.45, 7) is 3.07. The number of anilines is 1. The number of nitrogens with one attached hydrogen (secondary N) is 1. The topological polar surface area (TPSA) is 52.7 Å². The van der Waals surface area contributed by atoms with Crippen molar-refractivity contribution < 1.29 is 18.4 Å². The molecule has 0 saturated carbocycles. The predicted molar refractivity (Wildman–Crippen MR) is 108 cm³/mol. The number of hydrogen-bond acceptors (Lipinski definition) is 2. The average Bonchev–Trinajstić information content (AvgIpc) is 2.74. The van der Waals surface area contributed by atoms with E-state index in [1.54, 1.807) is 30.1 Å². The SMILES string of the molecule is CCC(=O)N1CCC(N(C)C(=O)Nc2ccc(-c3cccc(F)c3)cc2F)CC1. The molecule has 0 unspecified atom stereocenters. The number of carbonyl (C=O) groups excluding carboxylic acids is 2. The number of likely N-dealkylation sites (tertiary alicyclic amines) is 1. The Labute approximate surface area is 169 Å². The molecule has 2 aromatic carbocycles. The van der Waals surface area contributed by atoms with E-state index in [4.69, 9.17) is 0 Å². The first kappa shape index (κ1) is 20.8. The Morgan fingerprint density at radius 3 is 2.41 bits per heavy atom. The van der Waals surface area contributed by atoms with Crippen molar-refractivity contribution in [1.82, 2.24) is 9.80 Å². The highest BCUT2D eigenvalue weighted by Gasteiger charge is 2.27. The number of benzene rings is 2. The fourth-order valence-electron chi connectivity index (χ4n) is 3.56. The van der Waals surface area contributed by atoms with Crippen molar-refractivity contribution in [3.05, 3.63) is 54.1 Å². The van der Waals surface area contributed by atoms with Crippen LogP contribution in [0.2, 0.25) is 0 Å². The highest BCUT2D eigenvalue weighted by Crippen LogP contribution is 2.25. The zero-order chi connectivity index (χ0) is 21.0. The molecule has 0 aromatic heterocycles. The average molecular weight is 401 g/mol. The minimum Gasteiger partial charge on any atom is -0.343 e. The Balaban J connectivity index is 1.62. The summed E-state index contributed by atoms with van der Waals surface area (Å²) in [5.74, 6) is -0.860. The number of carbonyl (C=O) groups is 2. The number of urea groups is 1. The summed E-state index contributed by atoms with van der Waals surface area (Å²) in [7, 11) is 1.68. The number of amides is 3. The largest absolute Gasteiger partial charge is 0.343 e. The highest BCUT2D eigenvalue weighted by atomic mass is 19.1. The molecular formula is C22H25F2N3O2. The molecule has 1 aliphatic rings. The van der Waals surface area contributed by atoms with Crippen LogP contribution < -0.4 is 5.32 Å². The van der Waals surface area contributed by atoms with Crippen LogP contribution in [0, 0.1) is 11.6 Å². The smallest absolute Gasteiger partial charge is 0.321 e. The van der Waals surface area contributed by atoms with Crippen molar-refractivity contribution in [3.63, 3.8) is 0 Å². The van der Waals surface area contributed by atoms with E-state index in [-0.39, 0.29) is 17.6 Å². The first-order valence-corrected chi connectivity index (χ1v) is 9.76. The number of piperidine rings is 1. The van der Waals surface area contributed by atoms with Crippen molar-refractivity contribution in [2.45, 2.75) is 32.2 Å². The van der Waals surface area contributed by atoms with E-state index >= 15 is 0 Å². The summed E-state index contributed by atoms with van der Waals surface area (Å²) in [6.07, 6.45) is 1.86. The van der Waals surface area contributed by atoms with E-state index in [0.717, 1.165) is 0 Å². The van der Waals surface area contributed by atoms with Crippen LogP contribution in [0.25, 0.3) is 11.1 Å². The fraction of sp³-hybridized carbons (Fsp3) is 0.364. The third-order valence-corrected chi connectivity index (χ3v) is 5.36. The van der Waals surface area contributed by atoms with Gasteiger partial charge < -0.3 is 15.1 Å². The molecule has 2 aromatic rings. The third-order valence-electron chi connectivity index (χ3n) is 5.36. The maximum Gasteiger partial charge on any atom is 0.321 e. The Hall–Kier alpha value is -2.96. The van der Waals surface area contributed by atoms with E-state index in [0.29, 0.717) is 43.5 Å². The molecule has 1 fully saturated rings. The van der Waals surface area contributed by atoms with Crippen molar-refractivity contribution in [1.29, 1.82) is 0 Å². The number of hydrogen-bond donors (Lipinski definition) is 1. The van der Waals surface area contributed by atoms with Crippen LogP contribution in [0.3, 0.4) is 0 Å². The molecule has 0 radical (unpaired) electrons. The van der Waals surface area contributed by atoms with Crippen LogP contribution in [0.15, 0.2) is 42.5 Å². The summed E-state index contributed by atoms with van der Waals surface area (Å²) in [5, 5.41) is 2.60. The zero-order valence-corrected chi connectivity index (χ0v) is 16.6. The molecule has 5 nitrogen and oxygen atoms in total. The van der Waals surface area contributed by atoms with Gasteiger partial charge in [-0.15, -0.1) is 0 Å². The summed E-state index contributed by atoms with van der Waals surface area (Å²) >= 11 is 0.